The maximum Gasteiger partial charge on any atom is 0.410 e. The Bertz CT molecular complexity index is 694. The van der Waals surface area contributed by atoms with E-state index in [1.54, 1.807) is 17.0 Å². The number of nitrogens with zero attached hydrogens (tertiary/aromatic N) is 1. The van der Waals surface area contributed by atoms with Gasteiger partial charge in [-0.25, -0.2) is 4.79 Å². The average molecular weight is 390 g/mol. The summed E-state index contributed by atoms with van der Waals surface area (Å²) in [5.74, 6) is 0.911. The highest BCUT2D eigenvalue weighted by atomic mass is 16.6. The molecule has 0 spiro atoms. The van der Waals surface area contributed by atoms with Gasteiger partial charge < -0.3 is 24.8 Å². The number of aromatic hydroxyl groups is 1. The van der Waals surface area contributed by atoms with Gasteiger partial charge in [-0.1, -0.05) is 19.4 Å². The van der Waals surface area contributed by atoms with Crippen molar-refractivity contribution in [3.05, 3.63) is 23.8 Å². The van der Waals surface area contributed by atoms with E-state index in [1.807, 2.05) is 0 Å². The third-order valence-corrected chi connectivity index (χ3v) is 5.86. The second kappa shape index (κ2) is 9.17. The van der Waals surface area contributed by atoms with E-state index in [0.717, 1.165) is 37.2 Å². The molecule has 1 aliphatic carbocycles. The summed E-state index contributed by atoms with van der Waals surface area (Å²) in [5, 5.41) is 12.5. The number of nitrogens with one attached hydrogen (secondary N) is 1. The van der Waals surface area contributed by atoms with E-state index in [9.17, 15) is 14.7 Å². The zero-order valence-electron chi connectivity index (χ0n) is 16.6. The number of hydrogen-bond donors (Lipinski definition) is 2. The molecule has 1 aromatic rings. The van der Waals surface area contributed by atoms with Crippen molar-refractivity contribution in [2.75, 3.05) is 20.2 Å². The van der Waals surface area contributed by atoms with E-state index in [-0.39, 0.29) is 29.8 Å². The molecule has 28 heavy (non-hydrogen) atoms. The number of phenolic OH excluding ortho intramolecular Hbond substituents is 1. The van der Waals surface area contributed by atoms with E-state index in [1.165, 1.54) is 19.6 Å². The van der Waals surface area contributed by atoms with Gasteiger partial charge >= 0.3 is 6.09 Å². The van der Waals surface area contributed by atoms with Crippen molar-refractivity contribution in [1.82, 2.24) is 10.2 Å². The van der Waals surface area contributed by atoms with Crippen molar-refractivity contribution >= 4 is 12.0 Å². The lowest BCUT2D eigenvalue weighted by atomic mass is 9.86. The van der Waals surface area contributed by atoms with Crippen LogP contribution in [0.2, 0.25) is 0 Å². The van der Waals surface area contributed by atoms with Gasteiger partial charge in [-0.2, -0.15) is 0 Å². The van der Waals surface area contributed by atoms with E-state index in [2.05, 4.69) is 12.2 Å². The van der Waals surface area contributed by atoms with E-state index >= 15 is 0 Å². The van der Waals surface area contributed by atoms with Crippen LogP contribution in [-0.2, 0) is 16.1 Å². The molecule has 2 N–H and O–H groups in total. The standard InChI is InChI=1S/C21H30N2O5/c1-3-14-4-7-17(8-5-14)28-21(26)23-12-16(13-23)20(25)22-11-15-6-9-18(24)19(10-15)27-2/h6,9-10,14,16-17,24H,3-5,7-8,11-13H2,1-2H3,(H,22,25)/t14-,17+. The number of rotatable bonds is 6. The van der Waals surface area contributed by atoms with Crippen molar-refractivity contribution in [2.45, 2.75) is 51.7 Å². The predicted octanol–water partition coefficient (Wildman–Crippen LogP) is 3.05. The van der Waals surface area contributed by atoms with Gasteiger partial charge in [0.25, 0.3) is 0 Å². The number of ether oxygens (including phenoxy) is 2. The summed E-state index contributed by atoms with van der Waals surface area (Å²) >= 11 is 0. The van der Waals surface area contributed by atoms with Gasteiger partial charge in [-0.05, 0) is 49.3 Å². The van der Waals surface area contributed by atoms with Crippen molar-refractivity contribution < 1.29 is 24.2 Å². The van der Waals surface area contributed by atoms with E-state index in [0.29, 0.717) is 25.4 Å². The van der Waals surface area contributed by atoms with Gasteiger partial charge in [0.15, 0.2) is 11.5 Å². The molecule has 3 rings (SSSR count). The predicted molar refractivity (Wildman–Crippen MR) is 104 cm³/mol. The van der Waals surface area contributed by atoms with Crippen LogP contribution in [0.3, 0.4) is 0 Å². The molecular weight excluding hydrogens is 360 g/mol. The smallest absolute Gasteiger partial charge is 0.410 e. The molecule has 1 saturated heterocycles. The highest BCUT2D eigenvalue weighted by molar-refractivity contribution is 5.82. The summed E-state index contributed by atoms with van der Waals surface area (Å²) in [4.78, 5) is 26.1. The molecule has 1 aromatic carbocycles. The summed E-state index contributed by atoms with van der Waals surface area (Å²) in [5.41, 5.74) is 0.835. The summed E-state index contributed by atoms with van der Waals surface area (Å²) in [6.45, 7) is 3.35. The summed E-state index contributed by atoms with van der Waals surface area (Å²) in [6, 6.07) is 4.96. The van der Waals surface area contributed by atoms with Crippen molar-refractivity contribution in [3.8, 4) is 11.5 Å². The molecule has 7 nitrogen and oxygen atoms in total. The fourth-order valence-corrected chi connectivity index (χ4v) is 3.83. The Hall–Kier alpha value is -2.44. The molecular formula is C21H30N2O5. The summed E-state index contributed by atoms with van der Waals surface area (Å²) in [7, 11) is 1.48. The highest BCUT2D eigenvalue weighted by Gasteiger charge is 2.37. The molecule has 2 fully saturated rings. The maximum absolute atomic E-state index is 12.3. The lowest BCUT2D eigenvalue weighted by molar-refractivity contribution is -0.129. The minimum absolute atomic E-state index is 0.0210. The van der Waals surface area contributed by atoms with Gasteiger partial charge in [0, 0.05) is 19.6 Å². The number of likely N-dealkylation sites (tertiary alicyclic amines) is 1. The van der Waals surface area contributed by atoms with Gasteiger partial charge in [0.05, 0.1) is 13.0 Å². The molecule has 1 aliphatic heterocycles. The van der Waals surface area contributed by atoms with Crippen LogP contribution in [0.15, 0.2) is 18.2 Å². The zero-order valence-corrected chi connectivity index (χ0v) is 16.6. The number of phenols is 1. The fraction of sp³-hybridized carbons (Fsp3) is 0.619. The number of carbonyl (C=O) groups is 2. The minimum Gasteiger partial charge on any atom is -0.504 e. The Morgan fingerprint density at radius 3 is 2.57 bits per heavy atom. The van der Waals surface area contributed by atoms with Crippen LogP contribution in [0.1, 0.15) is 44.6 Å². The van der Waals surface area contributed by atoms with Crippen LogP contribution in [0.4, 0.5) is 4.79 Å². The Morgan fingerprint density at radius 2 is 1.93 bits per heavy atom. The fourth-order valence-electron chi connectivity index (χ4n) is 3.83. The van der Waals surface area contributed by atoms with Crippen molar-refractivity contribution in [3.63, 3.8) is 0 Å². The molecule has 7 heteroatoms. The van der Waals surface area contributed by atoms with Crippen molar-refractivity contribution in [1.29, 1.82) is 0 Å². The molecule has 2 amide bonds. The van der Waals surface area contributed by atoms with Crippen LogP contribution < -0.4 is 10.1 Å². The van der Waals surface area contributed by atoms with E-state index < -0.39 is 0 Å². The molecule has 1 heterocycles. The van der Waals surface area contributed by atoms with Crippen LogP contribution in [0.5, 0.6) is 11.5 Å². The molecule has 0 unspecified atom stereocenters. The highest BCUT2D eigenvalue weighted by Crippen LogP contribution is 2.29. The van der Waals surface area contributed by atoms with Gasteiger partial charge in [-0.3, -0.25) is 4.79 Å². The van der Waals surface area contributed by atoms with Crippen molar-refractivity contribution in [2.24, 2.45) is 11.8 Å². The Labute approximate surface area is 166 Å². The Kier molecular flexibility index (Phi) is 6.65. The quantitative estimate of drug-likeness (QED) is 0.779. The minimum atomic E-state index is -0.299. The molecule has 0 bridgehead atoms. The van der Waals surface area contributed by atoms with Crippen LogP contribution >= 0.6 is 0 Å². The van der Waals surface area contributed by atoms with E-state index in [4.69, 9.17) is 9.47 Å². The first-order chi connectivity index (χ1) is 13.5. The first-order valence-corrected chi connectivity index (χ1v) is 10.1. The largest absolute Gasteiger partial charge is 0.504 e. The van der Waals surface area contributed by atoms with Crippen LogP contribution in [0, 0.1) is 11.8 Å². The molecule has 154 valence electrons. The average Bonchev–Trinajstić information content (AvgIpc) is 2.66. The second-order valence-electron chi connectivity index (χ2n) is 7.76. The topological polar surface area (TPSA) is 88.1 Å². The molecule has 0 atom stereocenters. The van der Waals surface area contributed by atoms with Crippen LogP contribution in [-0.4, -0.2) is 48.3 Å². The number of benzene rings is 1. The molecule has 0 radical (unpaired) electrons. The maximum atomic E-state index is 12.3. The Morgan fingerprint density at radius 1 is 1.21 bits per heavy atom. The normalized spacial score (nSPS) is 22.3. The van der Waals surface area contributed by atoms with Gasteiger partial charge in [0.1, 0.15) is 6.10 Å². The SMILES string of the molecule is CC[C@H]1CC[C@@H](OC(=O)N2CC(C(=O)NCc3ccc(O)c(OC)c3)C2)CC1. The van der Waals surface area contributed by atoms with Gasteiger partial charge in [-0.15, -0.1) is 0 Å². The lowest BCUT2D eigenvalue weighted by Crippen LogP contribution is -2.56. The first kappa shape index (κ1) is 20.3. The number of carbonyl (C=O) groups excluding carboxylic acids is 2. The first-order valence-electron chi connectivity index (χ1n) is 10.1. The molecule has 2 aliphatic rings. The number of methoxy groups -OCH3 is 1. The monoisotopic (exact) mass is 390 g/mol. The van der Waals surface area contributed by atoms with Gasteiger partial charge in [0.2, 0.25) is 5.91 Å². The number of hydrogen-bond acceptors (Lipinski definition) is 5. The third kappa shape index (κ3) is 4.88. The number of amides is 2. The third-order valence-electron chi connectivity index (χ3n) is 5.86. The van der Waals surface area contributed by atoms with Crippen LogP contribution in [0.25, 0.3) is 0 Å². The molecule has 0 aromatic heterocycles. The lowest BCUT2D eigenvalue weighted by Gasteiger charge is -2.38. The summed E-state index contributed by atoms with van der Waals surface area (Å²) in [6.07, 6.45) is 5.06. The second-order valence-corrected chi connectivity index (χ2v) is 7.76. The Balaban J connectivity index is 1.37. The zero-order chi connectivity index (χ0) is 20.1. The summed E-state index contributed by atoms with van der Waals surface area (Å²) < 4.78 is 10.7. The molecule has 1 saturated carbocycles.